The molecule has 9 heteroatoms. The summed E-state index contributed by atoms with van der Waals surface area (Å²) >= 11 is 0. The highest BCUT2D eigenvalue weighted by molar-refractivity contribution is 5.83. The monoisotopic (exact) mass is 471 g/mol. The van der Waals surface area contributed by atoms with Gasteiger partial charge < -0.3 is 25.4 Å². The second kappa shape index (κ2) is 8.55. The molecule has 3 aliphatic rings. The van der Waals surface area contributed by atoms with E-state index >= 15 is 0 Å². The van der Waals surface area contributed by atoms with Gasteiger partial charge in [0.15, 0.2) is 23.2 Å². The summed E-state index contributed by atoms with van der Waals surface area (Å²) in [5.41, 5.74) is 2.53. The molecule has 186 valence electrons. The van der Waals surface area contributed by atoms with Crippen molar-refractivity contribution < 1.29 is 20.1 Å². The number of hydrogen-bond acceptors (Lipinski definition) is 8. The van der Waals surface area contributed by atoms with Crippen LogP contribution in [-0.2, 0) is 4.74 Å². The highest BCUT2D eigenvalue weighted by Crippen LogP contribution is 2.57. The van der Waals surface area contributed by atoms with Crippen LogP contribution in [0.1, 0.15) is 65.5 Å². The van der Waals surface area contributed by atoms with Crippen LogP contribution in [-0.4, -0.2) is 65.3 Å². The van der Waals surface area contributed by atoms with Crippen LogP contribution in [0.2, 0.25) is 0 Å². The molecule has 2 saturated carbocycles. The van der Waals surface area contributed by atoms with Crippen molar-refractivity contribution in [2.75, 3.05) is 11.9 Å². The van der Waals surface area contributed by atoms with Gasteiger partial charge in [-0.05, 0) is 63.2 Å². The molecule has 4 N–H and O–H groups in total. The fourth-order valence-corrected chi connectivity index (χ4v) is 6.83. The predicted octanol–water partition coefficient (Wildman–Crippen LogP) is 2.79. The third kappa shape index (κ3) is 3.73. The number of rotatable bonds is 5. The Morgan fingerprint density at radius 3 is 2.71 bits per heavy atom. The van der Waals surface area contributed by atoms with Crippen molar-refractivity contribution in [2.45, 2.75) is 89.4 Å². The minimum atomic E-state index is -1.20. The summed E-state index contributed by atoms with van der Waals surface area (Å²) in [6.45, 7) is 10.8. The first-order valence-corrected chi connectivity index (χ1v) is 12.4. The molecular weight excluding hydrogens is 434 g/mol. The van der Waals surface area contributed by atoms with E-state index in [-0.39, 0.29) is 17.6 Å². The van der Waals surface area contributed by atoms with Gasteiger partial charge in [0, 0.05) is 5.54 Å². The van der Waals surface area contributed by atoms with E-state index in [4.69, 9.17) is 4.74 Å². The SMILES string of the molecule is C=C(C)[C@H]1CC[C@]2(C)CCC[C@@](C)(Nc3ncnc4c3ncn4[C@@H]3O[C@H](CO)[C@@H](O)[C@H]3O)[C@H]2C1. The van der Waals surface area contributed by atoms with Crippen molar-refractivity contribution in [1.29, 1.82) is 0 Å². The summed E-state index contributed by atoms with van der Waals surface area (Å²) in [7, 11) is 0. The highest BCUT2D eigenvalue weighted by atomic mass is 16.6. The van der Waals surface area contributed by atoms with Gasteiger partial charge in [0.1, 0.15) is 24.6 Å². The van der Waals surface area contributed by atoms with Crippen LogP contribution < -0.4 is 5.32 Å². The van der Waals surface area contributed by atoms with Crippen molar-refractivity contribution in [3.05, 3.63) is 24.8 Å². The minimum Gasteiger partial charge on any atom is -0.394 e. The zero-order valence-electron chi connectivity index (χ0n) is 20.3. The molecule has 5 rings (SSSR count). The second-order valence-corrected chi connectivity index (χ2v) is 11.2. The number of nitrogens with one attached hydrogen (secondary N) is 1. The summed E-state index contributed by atoms with van der Waals surface area (Å²) in [6.07, 6.45) is 5.94. The van der Waals surface area contributed by atoms with Crippen LogP contribution in [0.25, 0.3) is 11.2 Å². The zero-order valence-corrected chi connectivity index (χ0v) is 20.3. The lowest BCUT2D eigenvalue weighted by Crippen LogP contribution is -2.55. The number of fused-ring (bicyclic) bond motifs is 2. The maximum atomic E-state index is 10.5. The van der Waals surface area contributed by atoms with Gasteiger partial charge >= 0.3 is 0 Å². The van der Waals surface area contributed by atoms with E-state index in [9.17, 15) is 15.3 Å². The molecule has 0 spiro atoms. The van der Waals surface area contributed by atoms with E-state index in [1.54, 1.807) is 10.9 Å². The largest absolute Gasteiger partial charge is 0.394 e. The molecule has 2 aromatic rings. The second-order valence-electron chi connectivity index (χ2n) is 11.2. The fraction of sp³-hybridized carbons (Fsp3) is 0.720. The zero-order chi connectivity index (χ0) is 24.3. The molecule has 0 radical (unpaired) electrons. The molecule has 0 bridgehead atoms. The number of nitrogens with zero attached hydrogens (tertiary/aromatic N) is 4. The Hall–Kier alpha value is -2.07. The Labute approximate surface area is 200 Å². The molecular formula is C25H37N5O4. The molecule has 3 fully saturated rings. The molecule has 2 aromatic heterocycles. The third-order valence-electron chi connectivity index (χ3n) is 8.89. The van der Waals surface area contributed by atoms with Gasteiger partial charge in [-0.2, -0.15) is 0 Å². The highest BCUT2D eigenvalue weighted by Gasteiger charge is 2.52. The van der Waals surface area contributed by atoms with Crippen molar-refractivity contribution in [3.63, 3.8) is 0 Å². The van der Waals surface area contributed by atoms with Gasteiger partial charge in [0.2, 0.25) is 0 Å². The first-order valence-electron chi connectivity index (χ1n) is 12.4. The van der Waals surface area contributed by atoms with E-state index in [1.807, 2.05) is 0 Å². The van der Waals surface area contributed by atoms with Gasteiger partial charge in [0.05, 0.1) is 12.9 Å². The summed E-state index contributed by atoms with van der Waals surface area (Å²) < 4.78 is 7.31. The number of imidazole rings is 1. The number of anilines is 1. The topological polar surface area (TPSA) is 126 Å². The first kappa shape index (κ1) is 23.7. The summed E-state index contributed by atoms with van der Waals surface area (Å²) in [6, 6.07) is 0. The van der Waals surface area contributed by atoms with E-state index in [0.717, 1.165) is 12.8 Å². The van der Waals surface area contributed by atoms with Crippen molar-refractivity contribution in [3.8, 4) is 0 Å². The first-order chi connectivity index (χ1) is 16.2. The maximum Gasteiger partial charge on any atom is 0.167 e. The average molecular weight is 472 g/mol. The average Bonchev–Trinajstić information content (AvgIpc) is 3.35. The molecule has 8 atom stereocenters. The Bertz CT molecular complexity index is 1070. The van der Waals surface area contributed by atoms with Crippen molar-refractivity contribution in [2.24, 2.45) is 17.3 Å². The molecule has 1 aliphatic heterocycles. The minimum absolute atomic E-state index is 0.145. The number of aliphatic hydroxyl groups is 3. The van der Waals surface area contributed by atoms with Crippen LogP contribution in [0.3, 0.4) is 0 Å². The van der Waals surface area contributed by atoms with Crippen LogP contribution in [0.5, 0.6) is 0 Å². The lowest BCUT2D eigenvalue weighted by molar-refractivity contribution is -0.0511. The lowest BCUT2D eigenvalue weighted by atomic mass is 9.52. The molecule has 0 unspecified atom stereocenters. The fourth-order valence-electron chi connectivity index (χ4n) is 6.83. The number of ether oxygens (including phenoxy) is 1. The van der Waals surface area contributed by atoms with Crippen LogP contribution in [0.15, 0.2) is 24.8 Å². The number of hydrogen-bond donors (Lipinski definition) is 4. The van der Waals surface area contributed by atoms with E-state index in [1.165, 1.54) is 37.6 Å². The Kier molecular flexibility index (Phi) is 5.95. The quantitative estimate of drug-likeness (QED) is 0.491. The molecule has 0 aromatic carbocycles. The van der Waals surface area contributed by atoms with Crippen LogP contribution >= 0.6 is 0 Å². The van der Waals surface area contributed by atoms with Crippen molar-refractivity contribution >= 4 is 17.0 Å². The Balaban J connectivity index is 1.47. The molecule has 3 heterocycles. The van der Waals surface area contributed by atoms with E-state index in [0.29, 0.717) is 28.8 Å². The standard InChI is InChI=1S/C25H37N5O4/c1-14(2)15-6-9-24(3)7-5-8-25(4,17(24)10-15)29-21-18-22(27-12-26-21)30(13-28-18)23-20(33)19(32)16(11-31)34-23/h12-13,15-17,19-20,23,31-33H,1,5-11H2,2-4H3,(H,26,27,29)/t15-,16+,17-,19+,20+,23+,24-,25+/m0/s1. The van der Waals surface area contributed by atoms with Gasteiger partial charge in [-0.15, -0.1) is 0 Å². The maximum absolute atomic E-state index is 10.5. The smallest absolute Gasteiger partial charge is 0.167 e. The predicted molar refractivity (Wildman–Crippen MR) is 128 cm³/mol. The van der Waals surface area contributed by atoms with Gasteiger partial charge in [-0.3, -0.25) is 4.57 Å². The normalized spacial score (nSPS) is 40.3. The van der Waals surface area contributed by atoms with Gasteiger partial charge in [-0.25, -0.2) is 15.0 Å². The molecule has 2 aliphatic carbocycles. The summed E-state index contributed by atoms with van der Waals surface area (Å²) in [4.78, 5) is 13.5. The number of aromatic nitrogens is 4. The van der Waals surface area contributed by atoms with Crippen molar-refractivity contribution in [1.82, 2.24) is 19.5 Å². The van der Waals surface area contributed by atoms with Crippen LogP contribution in [0.4, 0.5) is 5.82 Å². The Morgan fingerprint density at radius 2 is 2.00 bits per heavy atom. The molecule has 34 heavy (non-hydrogen) atoms. The number of allylic oxidation sites excluding steroid dienone is 1. The number of aliphatic hydroxyl groups excluding tert-OH is 3. The summed E-state index contributed by atoms with van der Waals surface area (Å²) in [5.74, 6) is 1.70. The van der Waals surface area contributed by atoms with E-state index in [2.05, 4.69) is 47.6 Å². The molecule has 9 nitrogen and oxygen atoms in total. The molecule has 1 saturated heterocycles. The lowest BCUT2D eigenvalue weighted by Gasteiger charge is -2.56. The van der Waals surface area contributed by atoms with Crippen LogP contribution in [0, 0.1) is 17.3 Å². The van der Waals surface area contributed by atoms with Gasteiger partial charge in [0.25, 0.3) is 0 Å². The summed E-state index contributed by atoms with van der Waals surface area (Å²) in [5, 5.41) is 33.9. The Morgan fingerprint density at radius 1 is 1.21 bits per heavy atom. The van der Waals surface area contributed by atoms with E-state index < -0.39 is 24.5 Å². The van der Waals surface area contributed by atoms with Gasteiger partial charge in [-0.1, -0.05) is 25.5 Å². The molecule has 0 amide bonds. The third-order valence-corrected chi connectivity index (χ3v) is 8.89.